The minimum absolute atomic E-state index is 0.713. The zero-order chi connectivity index (χ0) is 12.8. The number of rotatable bonds is 5. The number of nitrogens with zero attached hydrogens (tertiary/aromatic N) is 2. The van der Waals surface area contributed by atoms with Crippen molar-refractivity contribution in [3.05, 3.63) is 17.5 Å². The smallest absolute Gasteiger partial charge is 0.151 e. The maximum atomic E-state index is 5.42. The highest BCUT2D eigenvalue weighted by atomic mass is 16.5. The Hall–Kier alpha value is -0.870. The molecule has 102 valence electrons. The van der Waals surface area contributed by atoms with Gasteiger partial charge in [0.25, 0.3) is 0 Å². The van der Waals surface area contributed by atoms with E-state index in [2.05, 4.69) is 28.4 Å². The summed E-state index contributed by atoms with van der Waals surface area (Å²) in [6.45, 7) is 5.17. The lowest BCUT2D eigenvalue weighted by molar-refractivity contribution is 0.166. The molecule has 0 radical (unpaired) electrons. The molecule has 0 aromatic carbocycles. The number of hydrogen-bond donors (Lipinski definition) is 1. The third-order valence-electron chi connectivity index (χ3n) is 3.79. The molecule has 0 saturated carbocycles. The molecular weight excluding hydrogens is 226 g/mol. The van der Waals surface area contributed by atoms with E-state index in [1.54, 1.807) is 0 Å². The molecule has 1 fully saturated rings. The maximum absolute atomic E-state index is 5.42. The largest absolute Gasteiger partial charge is 0.360 e. The minimum atomic E-state index is 0.713. The summed E-state index contributed by atoms with van der Waals surface area (Å²) in [5, 5.41) is 7.18. The lowest BCUT2D eigenvalue weighted by Crippen LogP contribution is -2.33. The predicted molar refractivity (Wildman–Crippen MR) is 72.2 cm³/mol. The monoisotopic (exact) mass is 251 g/mol. The van der Waals surface area contributed by atoms with Crippen LogP contribution in [0.15, 0.2) is 10.6 Å². The second-order valence-corrected chi connectivity index (χ2v) is 5.20. The normalized spacial score (nSPS) is 22.0. The highest BCUT2D eigenvalue weighted by Crippen LogP contribution is 2.21. The van der Waals surface area contributed by atoms with Crippen LogP contribution in [0, 0.1) is 0 Å². The summed E-state index contributed by atoms with van der Waals surface area (Å²) in [6, 6.07) is 2.79. The third-order valence-corrected chi connectivity index (χ3v) is 3.79. The molecule has 2 heterocycles. The average molecular weight is 251 g/mol. The summed E-state index contributed by atoms with van der Waals surface area (Å²) in [4.78, 5) is 2.57. The molecule has 4 heteroatoms. The van der Waals surface area contributed by atoms with E-state index < -0.39 is 0 Å². The van der Waals surface area contributed by atoms with E-state index in [0.717, 1.165) is 24.5 Å². The molecule has 2 rings (SSSR count). The Bertz CT molecular complexity index is 351. The van der Waals surface area contributed by atoms with Crippen LogP contribution in [0.1, 0.15) is 50.5 Å². The van der Waals surface area contributed by atoms with Crippen molar-refractivity contribution in [1.82, 2.24) is 15.4 Å². The molecule has 0 aliphatic carbocycles. The van der Waals surface area contributed by atoms with Gasteiger partial charge in [0.15, 0.2) is 5.76 Å². The fourth-order valence-corrected chi connectivity index (χ4v) is 2.80. The number of aromatic nitrogens is 1. The molecule has 1 unspecified atom stereocenters. The van der Waals surface area contributed by atoms with Gasteiger partial charge in [-0.15, -0.1) is 0 Å². The van der Waals surface area contributed by atoms with Crippen molar-refractivity contribution in [3.8, 4) is 0 Å². The van der Waals surface area contributed by atoms with Crippen molar-refractivity contribution >= 4 is 0 Å². The summed E-state index contributed by atoms with van der Waals surface area (Å²) in [5.74, 6) is 1.00. The molecule has 0 spiro atoms. The van der Waals surface area contributed by atoms with Gasteiger partial charge >= 0.3 is 0 Å². The average Bonchev–Trinajstić information content (AvgIpc) is 2.69. The molecule has 1 aromatic heterocycles. The van der Waals surface area contributed by atoms with Crippen molar-refractivity contribution < 1.29 is 4.52 Å². The van der Waals surface area contributed by atoms with Crippen LogP contribution < -0.4 is 5.32 Å². The van der Waals surface area contributed by atoms with Gasteiger partial charge in [-0.25, -0.2) is 0 Å². The summed E-state index contributed by atoms with van der Waals surface area (Å²) in [6.07, 6.45) is 6.62. The molecule has 4 nitrogen and oxygen atoms in total. The van der Waals surface area contributed by atoms with Crippen LogP contribution in [0.2, 0.25) is 0 Å². The van der Waals surface area contributed by atoms with Crippen molar-refractivity contribution in [2.24, 2.45) is 0 Å². The lowest BCUT2D eigenvalue weighted by atomic mass is 10.1. The zero-order valence-corrected chi connectivity index (χ0v) is 11.6. The van der Waals surface area contributed by atoms with Gasteiger partial charge < -0.3 is 9.84 Å². The van der Waals surface area contributed by atoms with Crippen molar-refractivity contribution in [1.29, 1.82) is 0 Å². The Balaban J connectivity index is 1.96. The SMILES string of the molecule is CCC1CCCCCN1Cc1cc(CNC)no1. The first-order valence-corrected chi connectivity index (χ1v) is 7.16. The second kappa shape index (κ2) is 6.90. The highest BCUT2D eigenvalue weighted by Gasteiger charge is 2.20. The number of nitrogens with one attached hydrogen (secondary N) is 1. The fraction of sp³-hybridized carbons (Fsp3) is 0.786. The van der Waals surface area contributed by atoms with E-state index >= 15 is 0 Å². The maximum Gasteiger partial charge on any atom is 0.151 e. The van der Waals surface area contributed by atoms with Crippen LogP contribution >= 0.6 is 0 Å². The molecule has 0 bridgehead atoms. The van der Waals surface area contributed by atoms with Gasteiger partial charge in [-0.2, -0.15) is 0 Å². The highest BCUT2D eigenvalue weighted by molar-refractivity contribution is 5.05. The van der Waals surface area contributed by atoms with E-state index in [-0.39, 0.29) is 0 Å². The van der Waals surface area contributed by atoms with Gasteiger partial charge in [-0.05, 0) is 32.9 Å². The molecular formula is C14H25N3O. The molecule has 1 aliphatic heterocycles. The number of likely N-dealkylation sites (tertiary alicyclic amines) is 1. The van der Waals surface area contributed by atoms with Crippen molar-refractivity contribution in [3.63, 3.8) is 0 Å². The van der Waals surface area contributed by atoms with Crippen molar-refractivity contribution in [2.45, 2.75) is 58.2 Å². The van der Waals surface area contributed by atoms with Gasteiger partial charge in [-0.1, -0.05) is 24.9 Å². The van der Waals surface area contributed by atoms with E-state index in [1.807, 2.05) is 7.05 Å². The van der Waals surface area contributed by atoms with Gasteiger partial charge in [0.1, 0.15) is 0 Å². The summed E-state index contributed by atoms with van der Waals surface area (Å²) in [7, 11) is 1.93. The number of hydrogen-bond acceptors (Lipinski definition) is 4. The molecule has 0 amide bonds. The Kier molecular flexibility index (Phi) is 5.20. The van der Waals surface area contributed by atoms with E-state index in [4.69, 9.17) is 4.52 Å². The van der Waals surface area contributed by atoms with E-state index in [1.165, 1.54) is 38.6 Å². The first-order valence-electron chi connectivity index (χ1n) is 7.16. The van der Waals surface area contributed by atoms with E-state index in [9.17, 15) is 0 Å². The zero-order valence-electron chi connectivity index (χ0n) is 11.6. The molecule has 18 heavy (non-hydrogen) atoms. The molecule has 1 saturated heterocycles. The molecule has 1 aliphatic rings. The molecule has 1 N–H and O–H groups in total. The topological polar surface area (TPSA) is 41.3 Å². The van der Waals surface area contributed by atoms with Crippen LogP contribution in [-0.4, -0.2) is 29.7 Å². The fourth-order valence-electron chi connectivity index (χ4n) is 2.80. The van der Waals surface area contributed by atoms with Gasteiger partial charge in [0.2, 0.25) is 0 Å². The molecule has 1 atom stereocenters. The first kappa shape index (κ1) is 13.6. The Morgan fingerprint density at radius 3 is 3.11 bits per heavy atom. The van der Waals surface area contributed by atoms with Crippen molar-refractivity contribution in [2.75, 3.05) is 13.6 Å². The molecule has 1 aromatic rings. The van der Waals surface area contributed by atoms with Gasteiger partial charge in [-0.3, -0.25) is 4.90 Å². The second-order valence-electron chi connectivity index (χ2n) is 5.20. The standard InChI is InChI=1S/C14H25N3O/c1-3-13-7-5-4-6-8-17(13)11-14-9-12(10-15-2)16-18-14/h9,13,15H,3-8,10-11H2,1-2H3. The summed E-state index contributed by atoms with van der Waals surface area (Å²) >= 11 is 0. The first-order chi connectivity index (χ1) is 8.83. The quantitative estimate of drug-likeness (QED) is 0.873. The van der Waals surface area contributed by atoms with Gasteiger partial charge in [0, 0.05) is 18.7 Å². The Labute approximate surface area is 110 Å². The third kappa shape index (κ3) is 3.56. The predicted octanol–water partition coefficient (Wildman–Crippen LogP) is 2.55. The summed E-state index contributed by atoms with van der Waals surface area (Å²) < 4.78 is 5.42. The van der Waals surface area contributed by atoms with Crippen LogP contribution in [0.25, 0.3) is 0 Å². The van der Waals surface area contributed by atoms with Gasteiger partial charge in [0.05, 0.1) is 12.2 Å². The summed E-state index contributed by atoms with van der Waals surface area (Å²) in [5.41, 5.74) is 0.996. The minimum Gasteiger partial charge on any atom is -0.360 e. The Morgan fingerprint density at radius 1 is 1.44 bits per heavy atom. The van der Waals surface area contributed by atoms with E-state index in [0.29, 0.717) is 6.04 Å². The van der Waals surface area contributed by atoms with Crippen LogP contribution in [0.4, 0.5) is 0 Å². The Morgan fingerprint density at radius 2 is 2.33 bits per heavy atom. The van der Waals surface area contributed by atoms with Crippen LogP contribution in [-0.2, 0) is 13.1 Å². The van der Waals surface area contributed by atoms with Crippen LogP contribution in [0.3, 0.4) is 0 Å². The lowest BCUT2D eigenvalue weighted by Gasteiger charge is -2.27. The van der Waals surface area contributed by atoms with Crippen LogP contribution in [0.5, 0.6) is 0 Å².